The van der Waals surface area contributed by atoms with Crippen molar-refractivity contribution in [3.05, 3.63) is 70.5 Å². The van der Waals surface area contributed by atoms with Crippen LogP contribution >= 0.6 is 11.8 Å². The highest BCUT2D eigenvalue weighted by atomic mass is 32.2. The molecule has 7 heteroatoms. The summed E-state index contributed by atoms with van der Waals surface area (Å²) < 4.78 is 13.5. The molecule has 2 aromatic carbocycles. The third kappa shape index (κ3) is 7.71. The van der Waals surface area contributed by atoms with Gasteiger partial charge in [-0.15, -0.1) is 0 Å². The summed E-state index contributed by atoms with van der Waals surface area (Å²) in [6, 6.07) is 12.4. The molecule has 0 radical (unpaired) electrons. The van der Waals surface area contributed by atoms with Crippen molar-refractivity contribution in [1.82, 2.24) is 16.0 Å². The first-order valence-electron chi connectivity index (χ1n) is 10.1. The Kier molecular flexibility index (Phi) is 10.2. The average Bonchev–Trinajstić information content (AvgIpc) is 2.75. The number of guanidine groups is 1. The second-order valence-corrected chi connectivity index (χ2v) is 7.80. The number of benzene rings is 2. The van der Waals surface area contributed by atoms with E-state index < -0.39 is 0 Å². The van der Waals surface area contributed by atoms with Crippen molar-refractivity contribution < 1.29 is 9.18 Å². The number of unbranched alkanes of at least 4 members (excludes halogenated alkanes) is 1. The first kappa shape index (κ1) is 23.7. The number of hydrogen-bond acceptors (Lipinski definition) is 3. The highest BCUT2D eigenvalue weighted by Gasteiger charge is 2.07. The van der Waals surface area contributed by atoms with Crippen molar-refractivity contribution in [2.45, 2.75) is 38.6 Å². The molecule has 0 fully saturated rings. The molecule has 0 heterocycles. The molecule has 0 unspecified atom stereocenters. The molecular formula is C23H31FN4OS. The van der Waals surface area contributed by atoms with Gasteiger partial charge >= 0.3 is 0 Å². The zero-order valence-corrected chi connectivity index (χ0v) is 18.7. The second-order valence-electron chi connectivity index (χ2n) is 6.93. The Balaban J connectivity index is 1.86. The van der Waals surface area contributed by atoms with Gasteiger partial charge in [0.25, 0.3) is 5.91 Å². The van der Waals surface area contributed by atoms with Gasteiger partial charge in [-0.3, -0.25) is 9.79 Å². The van der Waals surface area contributed by atoms with Gasteiger partial charge in [0.05, 0.1) is 0 Å². The second kappa shape index (κ2) is 12.9. The molecular weight excluding hydrogens is 399 g/mol. The number of carbonyl (C=O) groups excluding carboxylic acids is 1. The van der Waals surface area contributed by atoms with Crippen LogP contribution in [0.2, 0.25) is 0 Å². The zero-order chi connectivity index (χ0) is 21.8. The number of thioether (sulfide) groups is 1. The summed E-state index contributed by atoms with van der Waals surface area (Å²) in [6.45, 7) is 3.94. The summed E-state index contributed by atoms with van der Waals surface area (Å²) in [5.41, 5.74) is 3.74. The fourth-order valence-electron chi connectivity index (χ4n) is 2.90. The largest absolute Gasteiger partial charge is 0.352 e. The summed E-state index contributed by atoms with van der Waals surface area (Å²) in [7, 11) is 1.71. The zero-order valence-electron chi connectivity index (χ0n) is 17.9. The van der Waals surface area contributed by atoms with Crippen LogP contribution in [-0.2, 0) is 18.8 Å². The van der Waals surface area contributed by atoms with E-state index in [9.17, 15) is 9.18 Å². The molecule has 2 aromatic rings. The van der Waals surface area contributed by atoms with Gasteiger partial charge in [-0.2, -0.15) is 11.8 Å². The molecule has 0 aromatic heterocycles. The fraction of sp³-hybridized carbons (Fsp3) is 0.391. The van der Waals surface area contributed by atoms with Crippen LogP contribution in [0, 0.1) is 5.82 Å². The molecule has 162 valence electrons. The summed E-state index contributed by atoms with van der Waals surface area (Å²) in [6.07, 6.45) is 4.04. The molecule has 0 saturated heterocycles. The van der Waals surface area contributed by atoms with E-state index in [1.165, 1.54) is 6.07 Å². The van der Waals surface area contributed by atoms with Crippen LogP contribution in [0.15, 0.2) is 47.5 Å². The van der Waals surface area contributed by atoms with Gasteiger partial charge in [-0.1, -0.05) is 31.5 Å². The van der Waals surface area contributed by atoms with Crippen molar-refractivity contribution in [2.24, 2.45) is 4.99 Å². The maximum Gasteiger partial charge on any atom is 0.251 e. The van der Waals surface area contributed by atoms with Crippen LogP contribution in [0.25, 0.3) is 0 Å². The number of rotatable bonds is 10. The smallest absolute Gasteiger partial charge is 0.251 e. The Labute approximate surface area is 182 Å². The lowest BCUT2D eigenvalue weighted by Crippen LogP contribution is -2.36. The number of halogens is 1. The first-order valence-corrected chi connectivity index (χ1v) is 11.5. The van der Waals surface area contributed by atoms with Crippen molar-refractivity contribution in [3.8, 4) is 0 Å². The molecule has 3 N–H and O–H groups in total. The van der Waals surface area contributed by atoms with Gasteiger partial charge in [0.15, 0.2) is 5.96 Å². The summed E-state index contributed by atoms with van der Waals surface area (Å²) in [5, 5.41) is 9.46. The number of hydrogen-bond donors (Lipinski definition) is 3. The van der Waals surface area contributed by atoms with E-state index in [0.29, 0.717) is 31.2 Å². The maximum atomic E-state index is 13.5. The van der Waals surface area contributed by atoms with Gasteiger partial charge < -0.3 is 16.0 Å². The van der Waals surface area contributed by atoms with E-state index in [0.717, 1.165) is 35.3 Å². The van der Waals surface area contributed by atoms with Crippen molar-refractivity contribution in [1.29, 1.82) is 0 Å². The Hall–Kier alpha value is -2.54. The van der Waals surface area contributed by atoms with Crippen molar-refractivity contribution in [2.75, 3.05) is 19.8 Å². The fourth-order valence-corrected chi connectivity index (χ4v) is 3.48. The molecule has 30 heavy (non-hydrogen) atoms. The Morgan fingerprint density at radius 3 is 2.43 bits per heavy atom. The topological polar surface area (TPSA) is 65.5 Å². The molecule has 2 rings (SSSR count). The predicted octanol–water partition coefficient (Wildman–Crippen LogP) is 4.08. The van der Waals surface area contributed by atoms with Crippen molar-refractivity contribution in [3.63, 3.8) is 0 Å². The normalized spacial score (nSPS) is 11.3. The summed E-state index contributed by atoms with van der Waals surface area (Å²) in [5.74, 6) is 1.17. The minimum absolute atomic E-state index is 0.0409. The minimum atomic E-state index is -0.215. The van der Waals surface area contributed by atoms with E-state index in [4.69, 9.17) is 0 Å². The lowest BCUT2D eigenvalue weighted by Gasteiger charge is -2.14. The van der Waals surface area contributed by atoms with Crippen LogP contribution in [0.5, 0.6) is 0 Å². The predicted molar refractivity (Wildman–Crippen MR) is 124 cm³/mol. The van der Waals surface area contributed by atoms with E-state index in [1.54, 1.807) is 24.9 Å². The highest BCUT2D eigenvalue weighted by molar-refractivity contribution is 7.97. The van der Waals surface area contributed by atoms with E-state index in [1.807, 2.05) is 36.6 Å². The van der Waals surface area contributed by atoms with Crippen LogP contribution in [0.1, 0.15) is 46.8 Å². The third-order valence-electron chi connectivity index (χ3n) is 4.63. The van der Waals surface area contributed by atoms with E-state index >= 15 is 0 Å². The van der Waals surface area contributed by atoms with Gasteiger partial charge in [0.1, 0.15) is 5.82 Å². The lowest BCUT2D eigenvalue weighted by molar-refractivity contribution is 0.0953. The molecule has 1 amide bonds. The monoisotopic (exact) mass is 430 g/mol. The highest BCUT2D eigenvalue weighted by Crippen LogP contribution is 2.16. The Bertz CT molecular complexity index is 840. The van der Waals surface area contributed by atoms with Crippen molar-refractivity contribution >= 4 is 23.6 Å². The van der Waals surface area contributed by atoms with Gasteiger partial charge in [0.2, 0.25) is 0 Å². The van der Waals surface area contributed by atoms with Gasteiger partial charge in [0, 0.05) is 38.0 Å². The number of carbonyl (C=O) groups is 1. The number of amides is 1. The average molecular weight is 431 g/mol. The van der Waals surface area contributed by atoms with Crippen LogP contribution in [0.3, 0.4) is 0 Å². The minimum Gasteiger partial charge on any atom is -0.352 e. The molecule has 0 saturated carbocycles. The summed E-state index contributed by atoms with van der Waals surface area (Å²) >= 11 is 1.66. The van der Waals surface area contributed by atoms with E-state index in [2.05, 4.69) is 27.9 Å². The Morgan fingerprint density at radius 2 is 1.77 bits per heavy atom. The third-order valence-corrected chi connectivity index (χ3v) is 5.23. The van der Waals surface area contributed by atoms with Crippen LogP contribution < -0.4 is 16.0 Å². The van der Waals surface area contributed by atoms with Crippen LogP contribution in [0.4, 0.5) is 4.39 Å². The molecule has 0 spiro atoms. The number of nitrogens with zero attached hydrogens (tertiary/aromatic N) is 1. The maximum absolute atomic E-state index is 13.5. The molecule has 0 aliphatic rings. The van der Waals surface area contributed by atoms with E-state index in [-0.39, 0.29) is 11.7 Å². The molecule has 0 bridgehead atoms. The molecule has 0 aliphatic heterocycles. The van der Waals surface area contributed by atoms with Crippen LogP contribution in [-0.4, -0.2) is 31.7 Å². The summed E-state index contributed by atoms with van der Waals surface area (Å²) in [4.78, 5) is 16.3. The molecule has 0 aliphatic carbocycles. The molecule has 5 nitrogen and oxygen atoms in total. The first-order chi connectivity index (χ1) is 14.6. The van der Waals surface area contributed by atoms with Gasteiger partial charge in [-0.05, 0) is 53.6 Å². The Morgan fingerprint density at radius 1 is 1.03 bits per heavy atom. The van der Waals surface area contributed by atoms with Gasteiger partial charge in [-0.25, -0.2) is 4.39 Å². The number of aliphatic imine (C=N–C) groups is 1. The number of nitrogens with one attached hydrogen (secondary N) is 3. The SMILES string of the molecule is CCCCNC(=O)c1ccc(CNC(=NC)NCc2ccc(F)cc2CSC)cc1. The molecule has 0 atom stereocenters. The quantitative estimate of drug-likeness (QED) is 0.302. The lowest BCUT2D eigenvalue weighted by atomic mass is 10.1. The standard InChI is InChI=1S/C23H31FN4OS/c1-4-5-12-26-22(29)18-8-6-17(7-9-18)14-27-23(25-2)28-15-19-10-11-21(24)13-20(19)16-30-3/h6-11,13H,4-5,12,14-16H2,1-3H3,(H,26,29)(H2,25,27,28).